The zero-order valence-corrected chi connectivity index (χ0v) is 24.0. The molecule has 1 aliphatic carbocycles. The van der Waals surface area contributed by atoms with E-state index < -0.39 is 5.54 Å². The number of para-hydroxylation sites is 1. The van der Waals surface area contributed by atoms with E-state index in [2.05, 4.69) is 34.1 Å². The van der Waals surface area contributed by atoms with Gasteiger partial charge in [0.2, 0.25) is 5.91 Å². The Balaban J connectivity index is 1.34. The summed E-state index contributed by atoms with van der Waals surface area (Å²) in [5.41, 5.74) is 4.39. The number of methoxy groups -OCH3 is 1. The van der Waals surface area contributed by atoms with Crippen molar-refractivity contribution in [3.8, 4) is 17.0 Å². The predicted octanol–water partition coefficient (Wildman–Crippen LogP) is 5.89. The summed E-state index contributed by atoms with van der Waals surface area (Å²) in [6, 6.07) is 14.4. The summed E-state index contributed by atoms with van der Waals surface area (Å²) in [4.78, 5) is 28.8. The van der Waals surface area contributed by atoms with E-state index in [-0.39, 0.29) is 17.9 Å². The maximum Gasteiger partial charge on any atom is 0.252 e. The number of hydrogen-bond acceptors (Lipinski definition) is 4. The van der Waals surface area contributed by atoms with Crippen LogP contribution < -0.4 is 10.1 Å². The number of likely N-dealkylation sites (tertiary alicyclic amines) is 1. The summed E-state index contributed by atoms with van der Waals surface area (Å²) in [5, 5.41) is 4.27. The summed E-state index contributed by atoms with van der Waals surface area (Å²) in [5.74, 6) is 1.14. The highest BCUT2D eigenvalue weighted by Crippen LogP contribution is 2.47. The Morgan fingerprint density at radius 2 is 1.73 bits per heavy atom. The van der Waals surface area contributed by atoms with Crippen molar-refractivity contribution in [2.45, 2.75) is 82.9 Å². The van der Waals surface area contributed by atoms with E-state index >= 15 is 0 Å². The largest absolute Gasteiger partial charge is 0.491 e. The molecule has 2 amide bonds. The maximum atomic E-state index is 13.6. The second-order valence-corrected chi connectivity index (χ2v) is 12.1. The minimum absolute atomic E-state index is 0.0543. The summed E-state index contributed by atoms with van der Waals surface area (Å²) >= 11 is 0. The van der Waals surface area contributed by atoms with Crippen LogP contribution in [0.2, 0.25) is 0 Å². The zero-order chi connectivity index (χ0) is 27.9. The number of amides is 2. The van der Waals surface area contributed by atoms with Crippen LogP contribution in [-0.4, -0.2) is 59.7 Å². The molecular formula is C33H41N3O4. The second-order valence-electron chi connectivity index (χ2n) is 12.1. The van der Waals surface area contributed by atoms with Gasteiger partial charge in [-0.1, -0.05) is 37.5 Å². The number of fused-ring (bicyclic) bond motifs is 5. The van der Waals surface area contributed by atoms with Gasteiger partial charge in [0, 0.05) is 42.2 Å². The van der Waals surface area contributed by atoms with Gasteiger partial charge in [-0.05, 0) is 75.3 Å². The van der Waals surface area contributed by atoms with Crippen molar-refractivity contribution >= 4 is 22.7 Å². The number of nitrogens with one attached hydrogen (secondary N) is 1. The van der Waals surface area contributed by atoms with Crippen LogP contribution in [0.5, 0.6) is 5.75 Å². The average molecular weight is 544 g/mol. The molecule has 1 saturated heterocycles. The molecule has 2 aliphatic heterocycles. The number of rotatable bonds is 5. The van der Waals surface area contributed by atoms with E-state index in [1.807, 2.05) is 23.1 Å². The van der Waals surface area contributed by atoms with Gasteiger partial charge in [0.1, 0.15) is 17.9 Å². The first-order chi connectivity index (χ1) is 19.4. The first-order valence-corrected chi connectivity index (χ1v) is 14.9. The summed E-state index contributed by atoms with van der Waals surface area (Å²) in [6.07, 6.45) is 8.01. The fraction of sp³-hybridized carbons (Fsp3) is 0.515. The van der Waals surface area contributed by atoms with Crippen LogP contribution in [0.3, 0.4) is 0 Å². The molecule has 1 saturated carbocycles. The van der Waals surface area contributed by atoms with Gasteiger partial charge in [0.25, 0.3) is 5.91 Å². The topological polar surface area (TPSA) is 72.8 Å². The fourth-order valence-corrected chi connectivity index (χ4v) is 6.98. The molecule has 40 heavy (non-hydrogen) atoms. The van der Waals surface area contributed by atoms with Crippen molar-refractivity contribution in [1.82, 2.24) is 14.8 Å². The molecule has 2 aromatic carbocycles. The van der Waals surface area contributed by atoms with Gasteiger partial charge < -0.3 is 24.3 Å². The van der Waals surface area contributed by atoms with Crippen LogP contribution in [0.1, 0.15) is 80.6 Å². The van der Waals surface area contributed by atoms with Gasteiger partial charge >= 0.3 is 0 Å². The van der Waals surface area contributed by atoms with Crippen LogP contribution in [0.4, 0.5) is 0 Å². The lowest BCUT2D eigenvalue weighted by Gasteiger charge is -2.36. The van der Waals surface area contributed by atoms with Crippen molar-refractivity contribution in [2.24, 2.45) is 0 Å². The number of benzene rings is 2. The molecule has 0 spiro atoms. The van der Waals surface area contributed by atoms with E-state index in [1.54, 1.807) is 21.0 Å². The van der Waals surface area contributed by atoms with Gasteiger partial charge in [-0.15, -0.1) is 0 Å². The Morgan fingerprint density at radius 3 is 2.48 bits per heavy atom. The van der Waals surface area contributed by atoms with E-state index in [0.29, 0.717) is 31.2 Å². The van der Waals surface area contributed by atoms with E-state index in [4.69, 9.17) is 9.47 Å². The molecule has 0 radical (unpaired) electrons. The molecule has 1 aromatic heterocycles. The number of piperidine rings is 1. The smallest absolute Gasteiger partial charge is 0.252 e. The third-order valence-electron chi connectivity index (χ3n) is 9.12. The number of carbonyl (C=O) groups is 2. The molecule has 2 fully saturated rings. The fourth-order valence-electron chi connectivity index (χ4n) is 6.98. The lowest BCUT2D eigenvalue weighted by atomic mass is 9.81. The van der Waals surface area contributed by atoms with Crippen LogP contribution in [-0.2, 0) is 16.1 Å². The van der Waals surface area contributed by atoms with Crippen LogP contribution >= 0.6 is 0 Å². The molecule has 3 aliphatic rings. The molecule has 212 valence electrons. The molecule has 7 heteroatoms. The standard InChI is InChI=1S/C33H41N3O4/c1-33(2,32(38)35-17-15-24(39-3)16-18-35)34-31(37)23-13-14-25-27(21-23)36-19-20-40-28-12-8-7-11-26(28)30(36)29(25)22-9-5-4-6-10-22/h7-8,11-14,21-22,24H,4-6,9-10,15-20H2,1-3H3,(H,34,37). The van der Waals surface area contributed by atoms with E-state index in [9.17, 15) is 9.59 Å². The zero-order valence-electron chi connectivity index (χ0n) is 24.0. The number of nitrogens with zero attached hydrogens (tertiary/aromatic N) is 2. The van der Waals surface area contributed by atoms with Gasteiger partial charge in [-0.25, -0.2) is 0 Å². The van der Waals surface area contributed by atoms with Crippen molar-refractivity contribution in [2.75, 3.05) is 26.8 Å². The minimum Gasteiger partial charge on any atom is -0.491 e. The Morgan fingerprint density at radius 1 is 0.975 bits per heavy atom. The Hall–Kier alpha value is -3.32. The SMILES string of the molecule is COC1CCN(C(=O)C(C)(C)NC(=O)c2ccc3c(C4CCCCC4)c4n(c3c2)CCOc2ccccc2-4)CC1. The highest BCUT2D eigenvalue weighted by atomic mass is 16.5. The molecule has 0 unspecified atom stereocenters. The number of carbonyl (C=O) groups excluding carboxylic acids is 2. The highest BCUT2D eigenvalue weighted by molar-refractivity contribution is 6.03. The number of aromatic nitrogens is 1. The second kappa shape index (κ2) is 10.9. The van der Waals surface area contributed by atoms with Crippen LogP contribution in [0, 0.1) is 0 Å². The van der Waals surface area contributed by atoms with Gasteiger partial charge in [0.05, 0.1) is 18.3 Å². The van der Waals surface area contributed by atoms with Crippen LogP contribution in [0.15, 0.2) is 42.5 Å². The number of ether oxygens (including phenoxy) is 2. The van der Waals surface area contributed by atoms with E-state index in [1.165, 1.54) is 48.7 Å². The quantitative estimate of drug-likeness (QED) is 0.435. The van der Waals surface area contributed by atoms with Crippen molar-refractivity contribution in [3.05, 3.63) is 53.6 Å². The first-order valence-electron chi connectivity index (χ1n) is 14.9. The molecule has 7 nitrogen and oxygen atoms in total. The Kier molecular flexibility index (Phi) is 7.34. The Bertz CT molecular complexity index is 1410. The predicted molar refractivity (Wildman–Crippen MR) is 157 cm³/mol. The Labute approximate surface area is 236 Å². The van der Waals surface area contributed by atoms with Gasteiger partial charge in [-0.2, -0.15) is 0 Å². The molecule has 3 heterocycles. The molecular weight excluding hydrogens is 502 g/mol. The van der Waals surface area contributed by atoms with Crippen molar-refractivity contribution in [3.63, 3.8) is 0 Å². The third kappa shape index (κ3) is 4.89. The molecule has 6 rings (SSSR count). The molecule has 3 aromatic rings. The highest BCUT2D eigenvalue weighted by Gasteiger charge is 2.36. The van der Waals surface area contributed by atoms with E-state index in [0.717, 1.165) is 36.2 Å². The first kappa shape index (κ1) is 26.9. The summed E-state index contributed by atoms with van der Waals surface area (Å²) < 4.78 is 14.0. The molecule has 0 atom stereocenters. The van der Waals surface area contributed by atoms with Gasteiger partial charge in [-0.3, -0.25) is 9.59 Å². The van der Waals surface area contributed by atoms with Crippen molar-refractivity contribution in [1.29, 1.82) is 0 Å². The monoisotopic (exact) mass is 543 g/mol. The number of hydrogen-bond donors (Lipinski definition) is 1. The lowest BCUT2D eigenvalue weighted by molar-refractivity contribution is -0.139. The average Bonchev–Trinajstić information content (AvgIpc) is 3.18. The molecule has 0 bridgehead atoms. The van der Waals surface area contributed by atoms with Gasteiger partial charge in [0.15, 0.2) is 0 Å². The minimum atomic E-state index is -1.01. The summed E-state index contributed by atoms with van der Waals surface area (Å²) in [6.45, 7) is 6.19. The van der Waals surface area contributed by atoms with Crippen LogP contribution in [0.25, 0.3) is 22.2 Å². The third-order valence-corrected chi connectivity index (χ3v) is 9.12. The lowest BCUT2D eigenvalue weighted by Crippen LogP contribution is -2.57. The normalized spacial score (nSPS) is 18.5. The summed E-state index contributed by atoms with van der Waals surface area (Å²) in [7, 11) is 1.72. The van der Waals surface area contributed by atoms with Crippen molar-refractivity contribution < 1.29 is 19.1 Å². The molecule has 1 N–H and O–H groups in total. The maximum absolute atomic E-state index is 13.6.